The maximum atomic E-state index is 5.94. The molecular formula is C14H16Cl2N2. The Morgan fingerprint density at radius 2 is 1.94 bits per heavy atom. The van der Waals surface area contributed by atoms with E-state index in [4.69, 9.17) is 23.2 Å². The van der Waals surface area contributed by atoms with Crippen molar-refractivity contribution in [3.05, 3.63) is 34.1 Å². The summed E-state index contributed by atoms with van der Waals surface area (Å²) in [6.45, 7) is 3.45. The van der Waals surface area contributed by atoms with E-state index in [1.54, 1.807) is 0 Å². The Labute approximate surface area is 118 Å². The highest BCUT2D eigenvalue weighted by atomic mass is 35.5. The summed E-state index contributed by atoms with van der Waals surface area (Å²) in [5.74, 6) is 0.963. The molecule has 1 saturated carbocycles. The van der Waals surface area contributed by atoms with Gasteiger partial charge in [0.1, 0.15) is 10.3 Å². The summed E-state index contributed by atoms with van der Waals surface area (Å²) in [4.78, 5) is 6.52. The van der Waals surface area contributed by atoms with Crippen molar-refractivity contribution in [1.82, 2.24) is 9.88 Å². The second-order valence-corrected chi connectivity index (χ2v) is 5.96. The smallest absolute Gasteiger partial charge is 0.131 e. The zero-order valence-electron chi connectivity index (χ0n) is 10.2. The van der Waals surface area contributed by atoms with Gasteiger partial charge >= 0.3 is 0 Å². The predicted octanol–water partition coefficient (Wildman–Crippen LogP) is 3.89. The third kappa shape index (κ3) is 3.05. The molecule has 1 aromatic rings. The van der Waals surface area contributed by atoms with Gasteiger partial charge in [0, 0.05) is 19.6 Å². The lowest BCUT2D eigenvalue weighted by Gasteiger charge is -2.26. The largest absolute Gasteiger partial charge is 0.299 e. The lowest BCUT2D eigenvalue weighted by Crippen LogP contribution is -2.30. The van der Waals surface area contributed by atoms with Crippen LogP contribution >= 0.6 is 23.2 Å². The van der Waals surface area contributed by atoms with Crippen molar-refractivity contribution in [2.45, 2.75) is 19.3 Å². The summed E-state index contributed by atoms with van der Waals surface area (Å²) in [6.07, 6.45) is 6.21. The number of rotatable bonds is 3. The van der Waals surface area contributed by atoms with Gasteiger partial charge in [-0.25, -0.2) is 4.98 Å². The molecule has 0 bridgehead atoms. The third-order valence-corrected chi connectivity index (χ3v) is 4.03. The first-order chi connectivity index (χ1) is 8.70. The van der Waals surface area contributed by atoms with Crippen molar-refractivity contribution in [3.63, 3.8) is 0 Å². The van der Waals surface area contributed by atoms with Crippen molar-refractivity contribution >= 4 is 28.8 Å². The number of pyridine rings is 1. The average molecular weight is 283 g/mol. The normalized spacial score (nSPS) is 20.9. The van der Waals surface area contributed by atoms with E-state index in [0.717, 1.165) is 31.0 Å². The summed E-state index contributed by atoms with van der Waals surface area (Å²) >= 11 is 11.9. The van der Waals surface area contributed by atoms with Crippen LogP contribution in [0.15, 0.2) is 18.2 Å². The molecule has 0 atom stereocenters. The van der Waals surface area contributed by atoms with Crippen molar-refractivity contribution in [3.8, 4) is 0 Å². The lowest BCUT2D eigenvalue weighted by molar-refractivity contribution is 0.289. The maximum absolute atomic E-state index is 5.94. The Morgan fingerprint density at radius 1 is 1.22 bits per heavy atom. The second-order valence-electron chi connectivity index (χ2n) is 5.18. The molecule has 1 aliphatic carbocycles. The third-order valence-electron chi connectivity index (χ3n) is 3.64. The Hall–Kier alpha value is -0.570. The monoisotopic (exact) mass is 282 g/mol. The van der Waals surface area contributed by atoms with E-state index in [1.807, 2.05) is 12.1 Å². The van der Waals surface area contributed by atoms with Crippen molar-refractivity contribution in [2.24, 2.45) is 5.92 Å². The zero-order chi connectivity index (χ0) is 12.5. The number of aromatic nitrogens is 1. The van der Waals surface area contributed by atoms with Gasteiger partial charge in [-0.2, -0.15) is 0 Å². The highest BCUT2D eigenvalue weighted by Gasteiger charge is 2.25. The average Bonchev–Trinajstić information content (AvgIpc) is 3.12. The Kier molecular flexibility index (Phi) is 3.60. The zero-order valence-corrected chi connectivity index (χ0v) is 11.7. The van der Waals surface area contributed by atoms with E-state index in [2.05, 4.69) is 16.0 Å². The molecule has 2 heterocycles. The molecule has 2 nitrogen and oxygen atoms in total. The van der Waals surface area contributed by atoms with E-state index < -0.39 is 0 Å². The van der Waals surface area contributed by atoms with Crippen molar-refractivity contribution in [1.29, 1.82) is 0 Å². The first-order valence-corrected chi connectivity index (χ1v) is 7.21. The molecule has 18 heavy (non-hydrogen) atoms. The maximum Gasteiger partial charge on any atom is 0.131 e. The van der Waals surface area contributed by atoms with Crippen LogP contribution in [0.4, 0.5) is 0 Å². The summed E-state index contributed by atoms with van der Waals surface area (Å²) in [5.41, 5.74) is 2.46. The quantitative estimate of drug-likeness (QED) is 0.782. The lowest BCUT2D eigenvalue weighted by atomic mass is 10.0. The fraction of sp³-hybridized carbons (Fsp3) is 0.500. The molecule has 0 radical (unpaired) electrons. The minimum Gasteiger partial charge on any atom is -0.299 e. The minimum absolute atomic E-state index is 0.471. The predicted molar refractivity (Wildman–Crippen MR) is 76.0 cm³/mol. The standard InChI is InChI=1S/C14H16Cl2N2/c15-13-7-12(8-14(16)17-13)11-3-5-18(6-4-11)9-10-1-2-10/h3,7-8,10H,1-2,4-6,9H2. The van der Waals surface area contributed by atoms with Crippen LogP contribution in [-0.4, -0.2) is 29.5 Å². The summed E-state index contributed by atoms with van der Waals surface area (Å²) in [7, 11) is 0. The van der Waals surface area contributed by atoms with Crippen LogP contribution in [0.1, 0.15) is 24.8 Å². The number of hydrogen-bond donors (Lipinski definition) is 0. The Bertz CT molecular complexity index is 460. The highest BCUT2D eigenvalue weighted by Crippen LogP contribution is 2.32. The molecule has 1 aliphatic heterocycles. The van der Waals surface area contributed by atoms with Crippen LogP contribution in [0, 0.1) is 5.92 Å². The van der Waals surface area contributed by atoms with Gasteiger partial charge in [-0.1, -0.05) is 29.3 Å². The molecule has 2 aliphatic rings. The first kappa shape index (κ1) is 12.5. The minimum atomic E-state index is 0.471. The number of nitrogens with zero attached hydrogens (tertiary/aromatic N) is 2. The van der Waals surface area contributed by atoms with Crippen LogP contribution in [0.5, 0.6) is 0 Å². The molecular weight excluding hydrogens is 267 g/mol. The van der Waals surface area contributed by atoms with Gasteiger partial charge in [0.25, 0.3) is 0 Å². The summed E-state index contributed by atoms with van der Waals surface area (Å²) in [6, 6.07) is 3.80. The molecule has 96 valence electrons. The first-order valence-electron chi connectivity index (χ1n) is 6.45. The Morgan fingerprint density at radius 3 is 2.50 bits per heavy atom. The van der Waals surface area contributed by atoms with E-state index >= 15 is 0 Å². The molecule has 4 heteroatoms. The van der Waals surface area contributed by atoms with Crippen LogP contribution in [0.2, 0.25) is 10.3 Å². The highest BCUT2D eigenvalue weighted by molar-refractivity contribution is 6.32. The number of hydrogen-bond acceptors (Lipinski definition) is 2. The number of halogens is 2. The van der Waals surface area contributed by atoms with Crippen molar-refractivity contribution < 1.29 is 0 Å². The summed E-state index contributed by atoms with van der Waals surface area (Å²) in [5, 5.41) is 0.942. The summed E-state index contributed by atoms with van der Waals surface area (Å²) < 4.78 is 0. The van der Waals surface area contributed by atoms with E-state index in [-0.39, 0.29) is 0 Å². The molecule has 1 fully saturated rings. The van der Waals surface area contributed by atoms with Gasteiger partial charge in [0.2, 0.25) is 0 Å². The molecule has 0 N–H and O–H groups in total. The molecule has 0 spiro atoms. The van der Waals surface area contributed by atoms with Gasteiger partial charge < -0.3 is 0 Å². The van der Waals surface area contributed by atoms with Crippen molar-refractivity contribution in [2.75, 3.05) is 19.6 Å². The van der Waals surface area contributed by atoms with Gasteiger partial charge in [0.15, 0.2) is 0 Å². The van der Waals surface area contributed by atoms with Gasteiger partial charge in [0.05, 0.1) is 0 Å². The van der Waals surface area contributed by atoms with E-state index in [1.165, 1.54) is 25.0 Å². The molecule has 0 unspecified atom stereocenters. The van der Waals surface area contributed by atoms with Crippen LogP contribution in [0.25, 0.3) is 5.57 Å². The Balaban J connectivity index is 1.70. The van der Waals surface area contributed by atoms with E-state index in [9.17, 15) is 0 Å². The molecule has 0 saturated heterocycles. The van der Waals surface area contributed by atoms with Gasteiger partial charge in [-0.15, -0.1) is 0 Å². The molecule has 0 amide bonds. The SMILES string of the molecule is Clc1cc(C2=CCN(CC3CC3)CC2)cc(Cl)n1. The van der Waals surface area contributed by atoms with Gasteiger partial charge in [-0.05, 0) is 48.4 Å². The van der Waals surface area contributed by atoms with Crippen LogP contribution in [-0.2, 0) is 0 Å². The topological polar surface area (TPSA) is 16.1 Å². The van der Waals surface area contributed by atoms with Gasteiger partial charge in [-0.3, -0.25) is 4.90 Å². The molecule has 1 aromatic heterocycles. The van der Waals surface area contributed by atoms with E-state index in [0.29, 0.717) is 10.3 Å². The fourth-order valence-corrected chi connectivity index (χ4v) is 2.92. The van der Waals surface area contributed by atoms with Crippen LogP contribution in [0.3, 0.4) is 0 Å². The molecule has 3 rings (SSSR count). The second kappa shape index (κ2) is 5.20. The molecule has 0 aromatic carbocycles. The van der Waals surface area contributed by atoms with Crippen LogP contribution < -0.4 is 0 Å². The fourth-order valence-electron chi connectivity index (χ4n) is 2.46.